The monoisotopic (exact) mass is 350 g/mol. The number of aromatic nitrogens is 1. The van der Waals surface area contributed by atoms with Crippen LogP contribution in [0.2, 0.25) is 0 Å². The van der Waals surface area contributed by atoms with Crippen LogP contribution in [0.4, 0.5) is 11.5 Å². The first-order chi connectivity index (χ1) is 12.6. The average Bonchev–Trinajstić information content (AvgIpc) is 2.97. The molecule has 6 nitrogen and oxygen atoms in total. The Kier molecular flexibility index (Phi) is 4.42. The number of piperazine rings is 1. The summed E-state index contributed by atoms with van der Waals surface area (Å²) in [7, 11) is 0. The van der Waals surface area contributed by atoms with Crippen molar-refractivity contribution in [1.29, 1.82) is 0 Å². The lowest BCUT2D eigenvalue weighted by Gasteiger charge is -2.37. The molecule has 2 fully saturated rings. The zero-order valence-electron chi connectivity index (χ0n) is 14.8. The molecule has 0 bridgehead atoms. The molecule has 1 aromatic heterocycles. The number of nitrogens with zero attached hydrogens (tertiary/aromatic N) is 4. The van der Waals surface area contributed by atoms with Crippen molar-refractivity contribution in [1.82, 2.24) is 9.88 Å². The van der Waals surface area contributed by atoms with E-state index in [1.807, 2.05) is 49.4 Å². The third-order valence-corrected chi connectivity index (χ3v) is 5.21. The SMILES string of the molecule is Cc1ccccc1N1C(=O)C[C@@H](N2CCN(c3ccccn3)CC2)C1=O. The molecule has 0 unspecified atom stereocenters. The Morgan fingerprint density at radius 1 is 0.962 bits per heavy atom. The summed E-state index contributed by atoms with van der Waals surface area (Å²) in [6, 6.07) is 13.1. The smallest absolute Gasteiger partial charge is 0.251 e. The summed E-state index contributed by atoms with van der Waals surface area (Å²) in [6.45, 7) is 5.04. The fraction of sp³-hybridized carbons (Fsp3) is 0.350. The Bertz CT molecular complexity index is 816. The summed E-state index contributed by atoms with van der Waals surface area (Å²) >= 11 is 0. The van der Waals surface area contributed by atoms with Gasteiger partial charge in [0.2, 0.25) is 5.91 Å². The van der Waals surface area contributed by atoms with Crippen LogP contribution in [0, 0.1) is 6.92 Å². The zero-order chi connectivity index (χ0) is 18.1. The van der Waals surface area contributed by atoms with Crippen molar-refractivity contribution >= 4 is 23.3 Å². The largest absolute Gasteiger partial charge is 0.354 e. The lowest BCUT2D eigenvalue weighted by Crippen LogP contribution is -2.52. The predicted octanol–water partition coefficient (Wildman–Crippen LogP) is 1.84. The van der Waals surface area contributed by atoms with E-state index in [0.717, 1.165) is 37.6 Å². The van der Waals surface area contributed by atoms with Crippen LogP contribution in [-0.2, 0) is 9.59 Å². The Morgan fingerprint density at radius 3 is 2.38 bits per heavy atom. The van der Waals surface area contributed by atoms with Crippen LogP contribution >= 0.6 is 0 Å². The number of amides is 2. The fourth-order valence-corrected chi connectivity index (χ4v) is 3.77. The lowest BCUT2D eigenvalue weighted by molar-refractivity contribution is -0.123. The van der Waals surface area contributed by atoms with Crippen LogP contribution in [0.3, 0.4) is 0 Å². The molecule has 26 heavy (non-hydrogen) atoms. The van der Waals surface area contributed by atoms with E-state index in [1.165, 1.54) is 4.90 Å². The van der Waals surface area contributed by atoms with E-state index < -0.39 is 0 Å². The van der Waals surface area contributed by atoms with Crippen molar-refractivity contribution < 1.29 is 9.59 Å². The van der Waals surface area contributed by atoms with E-state index in [1.54, 1.807) is 6.20 Å². The molecule has 0 aliphatic carbocycles. The fourth-order valence-electron chi connectivity index (χ4n) is 3.77. The molecule has 0 saturated carbocycles. The highest BCUT2D eigenvalue weighted by Gasteiger charge is 2.43. The molecule has 6 heteroatoms. The number of carbonyl (C=O) groups is 2. The maximum atomic E-state index is 13.0. The Labute approximate surface area is 153 Å². The number of carbonyl (C=O) groups excluding carboxylic acids is 2. The number of aryl methyl sites for hydroxylation is 1. The number of anilines is 2. The quantitative estimate of drug-likeness (QED) is 0.791. The molecule has 1 atom stereocenters. The van der Waals surface area contributed by atoms with Gasteiger partial charge in [0.25, 0.3) is 5.91 Å². The van der Waals surface area contributed by atoms with Crippen LogP contribution in [0.1, 0.15) is 12.0 Å². The van der Waals surface area contributed by atoms with Crippen LogP contribution in [-0.4, -0.2) is 53.9 Å². The number of para-hydroxylation sites is 1. The van der Waals surface area contributed by atoms with Crippen molar-refractivity contribution in [3.8, 4) is 0 Å². The van der Waals surface area contributed by atoms with Crippen molar-refractivity contribution in [2.24, 2.45) is 0 Å². The Morgan fingerprint density at radius 2 is 1.69 bits per heavy atom. The first-order valence-corrected chi connectivity index (χ1v) is 8.97. The number of hydrogen-bond donors (Lipinski definition) is 0. The molecule has 2 aromatic rings. The van der Waals surface area contributed by atoms with Crippen molar-refractivity contribution in [2.45, 2.75) is 19.4 Å². The highest BCUT2D eigenvalue weighted by atomic mass is 16.2. The molecule has 0 N–H and O–H groups in total. The zero-order valence-corrected chi connectivity index (χ0v) is 14.8. The summed E-state index contributed by atoms with van der Waals surface area (Å²) in [5, 5.41) is 0. The third-order valence-electron chi connectivity index (χ3n) is 5.21. The molecule has 0 spiro atoms. The van der Waals surface area contributed by atoms with Gasteiger partial charge in [-0.1, -0.05) is 24.3 Å². The Hall–Kier alpha value is -2.73. The normalized spacial score (nSPS) is 21.5. The van der Waals surface area contributed by atoms with Crippen molar-refractivity contribution in [2.75, 3.05) is 36.0 Å². The first kappa shape index (κ1) is 16.7. The molecular formula is C20H22N4O2. The first-order valence-electron chi connectivity index (χ1n) is 8.97. The van der Waals surface area contributed by atoms with Gasteiger partial charge in [-0.2, -0.15) is 0 Å². The van der Waals surface area contributed by atoms with E-state index in [2.05, 4.69) is 14.8 Å². The molecule has 2 saturated heterocycles. The van der Waals surface area contributed by atoms with Gasteiger partial charge in [0.1, 0.15) is 5.82 Å². The Balaban J connectivity index is 1.46. The summed E-state index contributed by atoms with van der Waals surface area (Å²) in [6.07, 6.45) is 2.05. The number of benzene rings is 1. The average molecular weight is 350 g/mol. The summed E-state index contributed by atoms with van der Waals surface area (Å²) in [5.74, 6) is 0.750. The summed E-state index contributed by atoms with van der Waals surface area (Å²) in [5.41, 5.74) is 1.65. The molecule has 4 rings (SSSR count). The summed E-state index contributed by atoms with van der Waals surface area (Å²) < 4.78 is 0. The molecular weight excluding hydrogens is 328 g/mol. The maximum absolute atomic E-state index is 13.0. The van der Waals surface area contributed by atoms with Gasteiger partial charge in [0.15, 0.2) is 0 Å². The van der Waals surface area contributed by atoms with Crippen molar-refractivity contribution in [3.63, 3.8) is 0 Å². The highest BCUT2D eigenvalue weighted by molar-refractivity contribution is 6.22. The minimum Gasteiger partial charge on any atom is -0.354 e. The predicted molar refractivity (Wildman–Crippen MR) is 100 cm³/mol. The van der Waals surface area contributed by atoms with Crippen LogP contribution in [0.5, 0.6) is 0 Å². The van der Waals surface area contributed by atoms with E-state index in [-0.39, 0.29) is 24.3 Å². The van der Waals surface area contributed by atoms with E-state index in [0.29, 0.717) is 5.69 Å². The molecule has 1 aromatic carbocycles. The number of rotatable bonds is 3. The molecule has 2 amide bonds. The van der Waals surface area contributed by atoms with E-state index in [9.17, 15) is 9.59 Å². The highest BCUT2D eigenvalue weighted by Crippen LogP contribution is 2.28. The van der Waals surface area contributed by atoms with Crippen LogP contribution in [0.15, 0.2) is 48.7 Å². The second-order valence-corrected chi connectivity index (χ2v) is 6.78. The van der Waals surface area contributed by atoms with Gasteiger partial charge in [-0.05, 0) is 30.7 Å². The molecule has 134 valence electrons. The second-order valence-electron chi connectivity index (χ2n) is 6.78. The lowest BCUT2D eigenvalue weighted by atomic mass is 10.1. The van der Waals surface area contributed by atoms with Crippen molar-refractivity contribution in [3.05, 3.63) is 54.2 Å². The minimum absolute atomic E-state index is 0.101. The topological polar surface area (TPSA) is 56.8 Å². The van der Waals surface area contributed by atoms with Gasteiger partial charge >= 0.3 is 0 Å². The van der Waals surface area contributed by atoms with Gasteiger partial charge in [0, 0.05) is 32.4 Å². The second kappa shape index (κ2) is 6.88. The molecule has 0 radical (unpaired) electrons. The minimum atomic E-state index is -0.354. The number of hydrogen-bond acceptors (Lipinski definition) is 5. The maximum Gasteiger partial charge on any atom is 0.251 e. The standard InChI is InChI=1S/C20H22N4O2/c1-15-6-2-3-7-16(15)24-19(25)14-17(20(24)26)22-10-12-23(13-11-22)18-8-4-5-9-21-18/h2-9,17H,10-14H2,1H3/t17-/m1/s1. The third kappa shape index (κ3) is 2.97. The molecule has 2 aliphatic heterocycles. The van der Waals surface area contributed by atoms with Gasteiger partial charge in [0.05, 0.1) is 18.2 Å². The summed E-state index contributed by atoms with van der Waals surface area (Å²) in [4.78, 5) is 35.6. The molecule has 2 aliphatic rings. The van der Waals surface area contributed by atoms with Gasteiger partial charge in [-0.15, -0.1) is 0 Å². The number of pyridine rings is 1. The van der Waals surface area contributed by atoms with Gasteiger partial charge in [-0.25, -0.2) is 9.88 Å². The van der Waals surface area contributed by atoms with Gasteiger partial charge < -0.3 is 4.90 Å². The number of imide groups is 1. The van der Waals surface area contributed by atoms with E-state index >= 15 is 0 Å². The van der Waals surface area contributed by atoms with Crippen LogP contribution in [0.25, 0.3) is 0 Å². The van der Waals surface area contributed by atoms with Gasteiger partial charge in [-0.3, -0.25) is 14.5 Å². The molecule has 3 heterocycles. The van der Waals surface area contributed by atoms with E-state index in [4.69, 9.17) is 0 Å². The van der Waals surface area contributed by atoms with Crippen LogP contribution < -0.4 is 9.80 Å².